The normalized spacial score (nSPS) is 14.7. The summed E-state index contributed by atoms with van der Waals surface area (Å²) in [7, 11) is -3.21. The minimum atomic E-state index is -4.53. The first-order chi connectivity index (χ1) is 16.7. The molecule has 0 aliphatic carbocycles. The van der Waals surface area contributed by atoms with Crippen molar-refractivity contribution in [2.75, 3.05) is 12.1 Å². The zero-order chi connectivity index (χ0) is 25.2. The van der Waals surface area contributed by atoms with Crippen molar-refractivity contribution < 1.29 is 27.1 Å². The topological polar surface area (TPSA) is 128 Å². The second-order valence-electron chi connectivity index (χ2n) is 7.37. The van der Waals surface area contributed by atoms with Crippen molar-refractivity contribution >= 4 is 39.2 Å². The van der Waals surface area contributed by atoms with E-state index in [-0.39, 0.29) is 17.4 Å². The van der Waals surface area contributed by atoms with E-state index < -0.39 is 25.6 Å². The van der Waals surface area contributed by atoms with Gasteiger partial charge in [0.25, 0.3) is 11.6 Å². The molecule has 1 aliphatic rings. The van der Waals surface area contributed by atoms with E-state index in [9.17, 15) is 23.3 Å². The molecule has 1 heterocycles. The van der Waals surface area contributed by atoms with Crippen molar-refractivity contribution in [3.8, 4) is 11.5 Å². The SMILES string of the molecule is COc1cc(C=C2C(=O)N(c3ccccc3)N=C2C)ccc1OS(=O)(=O)c1ccccc1[N+](=O)[O-]. The van der Waals surface area contributed by atoms with Crippen LogP contribution in [0, 0.1) is 10.1 Å². The summed E-state index contributed by atoms with van der Waals surface area (Å²) in [5, 5.41) is 16.9. The third kappa shape index (κ3) is 4.75. The molecule has 0 saturated carbocycles. The van der Waals surface area contributed by atoms with Crippen LogP contribution >= 0.6 is 0 Å². The fourth-order valence-corrected chi connectivity index (χ4v) is 4.53. The summed E-state index contributed by atoms with van der Waals surface area (Å²) in [5.41, 5.74) is 1.42. The summed E-state index contributed by atoms with van der Waals surface area (Å²) in [5.74, 6) is -0.421. The Morgan fingerprint density at radius 2 is 1.69 bits per heavy atom. The Morgan fingerprint density at radius 1 is 1.00 bits per heavy atom. The van der Waals surface area contributed by atoms with Gasteiger partial charge < -0.3 is 8.92 Å². The van der Waals surface area contributed by atoms with E-state index in [2.05, 4.69) is 5.10 Å². The monoisotopic (exact) mass is 493 g/mol. The molecule has 0 aromatic heterocycles. The van der Waals surface area contributed by atoms with Crippen molar-refractivity contribution in [2.45, 2.75) is 11.8 Å². The molecule has 1 amide bonds. The number of nitro benzene ring substituents is 1. The van der Waals surface area contributed by atoms with E-state index in [1.807, 2.05) is 6.07 Å². The number of para-hydroxylation sites is 2. The molecule has 0 unspecified atom stereocenters. The number of carbonyl (C=O) groups excluding carboxylic acids is 1. The van der Waals surface area contributed by atoms with Gasteiger partial charge in [0.15, 0.2) is 16.4 Å². The number of amides is 1. The van der Waals surface area contributed by atoms with E-state index in [1.165, 1.54) is 42.5 Å². The summed E-state index contributed by atoms with van der Waals surface area (Å²) in [6.07, 6.45) is 1.60. The Morgan fingerprint density at radius 3 is 2.37 bits per heavy atom. The third-order valence-electron chi connectivity index (χ3n) is 5.09. The Labute approximate surface area is 201 Å². The van der Waals surface area contributed by atoms with E-state index in [0.29, 0.717) is 22.5 Å². The first-order valence-electron chi connectivity index (χ1n) is 10.2. The van der Waals surface area contributed by atoms with E-state index in [4.69, 9.17) is 8.92 Å². The quantitative estimate of drug-likeness (QED) is 0.209. The highest BCUT2D eigenvalue weighted by atomic mass is 32.2. The van der Waals surface area contributed by atoms with Gasteiger partial charge in [-0.05, 0) is 48.9 Å². The summed E-state index contributed by atoms with van der Waals surface area (Å²) >= 11 is 0. The summed E-state index contributed by atoms with van der Waals surface area (Å²) in [4.78, 5) is 22.8. The number of nitro groups is 1. The first-order valence-corrected chi connectivity index (χ1v) is 11.6. The summed E-state index contributed by atoms with van der Waals surface area (Å²) < 4.78 is 36.0. The van der Waals surface area contributed by atoms with Gasteiger partial charge in [0.2, 0.25) is 0 Å². The molecular weight excluding hydrogens is 474 g/mol. The molecule has 0 radical (unpaired) electrons. The van der Waals surface area contributed by atoms with Crippen LogP contribution in [-0.4, -0.2) is 32.1 Å². The molecule has 0 bridgehead atoms. The number of methoxy groups -OCH3 is 1. The number of hydrogen-bond donors (Lipinski definition) is 0. The van der Waals surface area contributed by atoms with Crippen LogP contribution in [0.25, 0.3) is 6.08 Å². The number of anilines is 1. The predicted molar refractivity (Wildman–Crippen MR) is 129 cm³/mol. The van der Waals surface area contributed by atoms with Gasteiger partial charge in [-0.1, -0.05) is 36.4 Å². The van der Waals surface area contributed by atoms with E-state index in [0.717, 1.165) is 12.1 Å². The van der Waals surface area contributed by atoms with Crippen molar-refractivity contribution in [3.63, 3.8) is 0 Å². The average Bonchev–Trinajstić information content (AvgIpc) is 3.13. The molecule has 35 heavy (non-hydrogen) atoms. The van der Waals surface area contributed by atoms with Crippen molar-refractivity contribution in [1.29, 1.82) is 0 Å². The number of hydrazone groups is 1. The largest absolute Gasteiger partial charge is 0.493 e. The molecule has 1 aliphatic heterocycles. The predicted octanol–water partition coefficient (Wildman–Crippen LogP) is 4.18. The van der Waals surface area contributed by atoms with Gasteiger partial charge in [-0.3, -0.25) is 14.9 Å². The van der Waals surface area contributed by atoms with Crippen LogP contribution in [0.3, 0.4) is 0 Å². The van der Waals surface area contributed by atoms with Gasteiger partial charge in [0.05, 0.1) is 29.0 Å². The van der Waals surface area contributed by atoms with Crippen LogP contribution in [0.1, 0.15) is 12.5 Å². The number of hydrogen-bond acceptors (Lipinski definition) is 8. The highest BCUT2D eigenvalue weighted by Gasteiger charge is 2.30. The maximum Gasteiger partial charge on any atom is 0.346 e. The van der Waals surface area contributed by atoms with Crippen molar-refractivity contribution in [1.82, 2.24) is 0 Å². The van der Waals surface area contributed by atoms with E-state index >= 15 is 0 Å². The number of rotatable bonds is 7. The Kier molecular flexibility index (Phi) is 6.34. The molecule has 4 rings (SSSR count). The van der Waals surface area contributed by atoms with Crippen molar-refractivity contribution in [2.24, 2.45) is 5.10 Å². The lowest BCUT2D eigenvalue weighted by Gasteiger charge is -2.12. The minimum absolute atomic E-state index is 0.0569. The molecular formula is C24H19N3O7S. The van der Waals surface area contributed by atoms with Gasteiger partial charge in [0, 0.05) is 6.07 Å². The highest BCUT2D eigenvalue weighted by molar-refractivity contribution is 7.87. The lowest BCUT2D eigenvalue weighted by Crippen LogP contribution is -2.21. The molecule has 0 spiro atoms. The van der Waals surface area contributed by atoms with Gasteiger partial charge in [0.1, 0.15) is 0 Å². The second kappa shape index (κ2) is 9.39. The molecule has 178 valence electrons. The van der Waals surface area contributed by atoms with Crippen molar-refractivity contribution in [3.05, 3.63) is 94.0 Å². The standard InChI is InChI=1S/C24H19N3O7S/c1-16-19(24(28)26(25-16)18-8-4-3-5-9-18)14-17-12-13-21(22(15-17)33-2)34-35(31,32)23-11-7-6-10-20(23)27(29)30/h3-15H,1-2H3. The number of carbonyl (C=O) groups is 1. The maximum atomic E-state index is 12.9. The Hall–Kier alpha value is -4.51. The molecule has 0 fully saturated rings. The Balaban J connectivity index is 1.64. The fourth-order valence-electron chi connectivity index (χ4n) is 3.42. The lowest BCUT2D eigenvalue weighted by atomic mass is 10.1. The Bertz CT molecular complexity index is 1480. The smallest absolute Gasteiger partial charge is 0.346 e. The third-order valence-corrected chi connectivity index (χ3v) is 6.38. The van der Waals surface area contributed by atoms with Gasteiger partial charge in [-0.2, -0.15) is 18.5 Å². The lowest BCUT2D eigenvalue weighted by molar-refractivity contribution is -0.387. The molecule has 10 nitrogen and oxygen atoms in total. The molecule has 11 heteroatoms. The number of benzene rings is 3. The fraction of sp³-hybridized carbons (Fsp3) is 0.0833. The van der Waals surface area contributed by atoms with Crippen LogP contribution in [0.2, 0.25) is 0 Å². The summed E-state index contributed by atoms with van der Waals surface area (Å²) in [6, 6.07) is 18.2. The molecule has 3 aromatic rings. The minimum Gasteiger partial charge on any atom is -0.493 e. The number of ether oxygens (including phenoxy) is 1. The molecule has 0 N–H and O–H groups in total. The van der Waals surface area contributed by atoms with Crippen LogP contribution in [0.5, 0.6) is 11.5 Å². The molecule has 3 aromatic carbocycles. The number of nitrogens with zero attached hydrogens (tertiary/aromatic N) is 3. The zero-order valence-electron chi connectivity index (χ0n) is 18.6. The molecule has 0 saturated heterocycles. The van der Waals surface area contributed by atoms with Gasteiger partial charge in [-0.15, -0.1) is 0 Å². The van der Waals surface area contributed by atoms with Crippen LogP contribution in [0.15, 0.2) is 88.4 Å². The second-order valence-corrected chi connectivity index (χ2v) is 8.88. The van der Waals surface area contributed by atoms with Gasteiger partial charge >= 0.3 is 10.1 Å². The van der Waals surface area contributed by atoms with Crippen LogP contribution in [0.4, 0.5) is 11.4 Å². The summed E-state index contributed by atoms with van der Waals surface area (Å²) in [6.45, 7) is 1.71. The maximum absolute atomic E-state index is 12.9. The van der Waals surface area contributed by atoms with Crippen LogP contribution < -0.4 is 13.9 Å². The molecule has 0 atom stereocenters. The first kappa shape index (κ1) is 23.6. The zero-order valence-corrected chi connectivity index (χ0v) is 19.4. The average molecular weight is 493 g/mol. The van der Waals surface area contributed by atoms with Crippen LogP contribution in [-0.2, 0) is 14.9 Å². The van der Waals surface area contributed by atoms with Gasteiger partial charge in [-0.25, -0.2) is 0 Å². The highest BCUT2D eigenvalue weighted by Crippen LogP contribution is 2.34. The van der Waals surface area contributed by atoms with E-state index in [1.54, 1.807) is 37.3 Å².